The number of aliphatic hydroxyl groups is 1. The van der Waals surface area contributed by atoms with E-state index < -0.39 is 23.7 Å². The lowest BCUT2D eigenvalue weighted by Gasteiger charge is -2.13. The van der Waals surface area contributed by atoms with Gasteiger partial charge in [0.05, 0.1) is 24.3 Å². The van der Waals surface area contributed by atoms with Gasteiger partial charge in [-0.1, -0.05) is 23.4 Å². The molecule has 1 aromatic carbocycles. The average molecular weight is 503 g/mol. The molecule has 0 saturated heterocycles. The third kappa shape index (κ3) is 9.68. The van der Waals surface area contributed by atoms with Gasteiger partial charge in [0.1, 0.15) is 11.6 Å². The third-order valence-electron chi connectivity index (χ3n) is 4.00. The summed E-state index contributed by atoms with van der Waals surface area (Å²) in [5.74, 6) is -0.875. The Morgan fingerprint density at radius 2 is 1.85 bits per heavy atom. The van der Waals surface area contributed by atoms with Crippen molar-refractivity contribution in [1.82, 2.24) is 20.6 Å². The molecule has 0 fully saturated rings. The molecule has 1 atom stereocenters. The molecular formula is C20H24ClFN4O6S. The van der Waals surface area contributed by atoms with Gasteiger partial charge in [-0.2, -0.15) is 9.97 Å². The Kier molecular flexibility index (Phi) is 10.9. The Bertz CT molecular complexity index is 933. The molecule has 10 nitrogen and oxygen atoms in total. The summed E-state index contributed by atoms with van der Waals surface area (Å²) < 4.78 is 28.9. The zero-order chi connectivity index (χ0) is 24.2. The van der Waals surface area contributed by atoms with E-state index in [0.29, 0.717) is 11.0 Å². The van der Waals surface area contributed by atoms with Crippen LogP contribution in [0.25, 0.3) is 0 Å². The number of nitrogens with zero attached hydrogens (tertiary/aromatic N) is 2. The molecule has 1 aromatic heterocycles. The van der Waals surface area contributed by atoms with Crippen LogP contribution in [0.5, 0.6) is 17.5 Å². The van der Waals surface area contributed by atoms with E-state index in [-0.39, 0.29) is 49.4 Å². The molecule has 0 radical (unpaired) electrons. The van der Waals surface area contributed by atoms with Crippen LogP contribution in [0.3, 0.4) is 0 Å². The fourth-order valence-electron chi connectivity index (χ4n) is 2.32. The maximum Gasteiger partial charge on any atom is 0.258 e. The van der Waals surface area contributed by atoms with Gasteiger partial charge in [0.2, 0.25) is 11.8 Å². The number of amides is 2. The van der Waals surface area contributed by atoms with Crippen molar-refractivity contribution in [2.45, 2.75) is 17.7 Å². The van der Waals surface area contributed by atoms with E-state index in [2.05, 4.69) is 20.6 Å². The van der Waals surface area contributed by atoms with Gasteiger partial charge in [0.15, 0.2) is 18.4 Å². The van der Waals surface area contributed by atoms with Crippen LogP contribution in [-0.2, 0) is 9.59 Å². The van der Waals surface area contributed by atoms with Crippen LogP contribution in [-0.4, -0.2) is 72.7 Å². The van der Waals surface area contributed by atoms with Crippen LogP contribution >= 0.6 is 23.4 Å². The van der Waals surface area contributed by atoms with Crippen LogP contribution in [0.15, 0.2) is 29.4 Å². The lowest BCUT2D eigenvalue weighted by Crippen LogP contribution is -2.37. The Morgan fingerprint density at radius 3 is 2.55 bits per heavy atom. The Balaban J connectivity index is 1.61. The minimum Gasteiger partial charge on any atom is -0.484 e. The Morgan fingerprint density at radius 1 is 1.15 bits per heavy atom. The SMILES string of the molecule is COc1cc(OCC(=O)NC[C@@H](O)CCNC(=O)COc2ccc(Cl)c(F)c2)nc(SC)n1. The van der Waals surface area contributed by atoms with Gasteiger partial charge in [-0.25, -0.2) is 4.39 Å². The number of thioether (sulfide) groups is 1. The summed E-state index contributed by atoms with van der Waals surface area (Å²) in [7, 11) is 1.46. The van der Waals surface area contributed by atoms with Gasteiger partial charge in [0.25, 0.3) is 11.8 Å². The second-order valence-electron chi connectivity index (χ2n) is 6.49. The predicted octanol–water partition coefficient (Wildman–Crippen LogP) is 1.44. The van der Waals surface area contributed by atoms with E-state index in [1.807, 2.05) is 0 Å². The van der Waals surface area contributed by atoms with Gasteiger partial charge in [-0.05, 0) is 24.8 Å². The highest BCUT2D eigenvalue weighted by Crippen LogP contribution is 2.21. The van der Waals surface area contributed by atoms with E-state index in [0.717, 1.165) is 6.07 Å². The summed E-state index contributed by atoms with van der Waals surface area (Å²) >= 11 is 6.88. The van der Waals surface area contributed by atoms with E-state index in [1.54, 1.807) is 6.26 Å². The summed E-state index contributed by atoms with van der Waals surface area (Å²) in [5, 5.41) is 15.4. The third-order valence-corrected chi connectivity index (χ3v) is 4.85. The second-order valence-corrected chi connectivity index (χ2v) is 7.67. The number of hydrogen-bond donors (Lipinski definition) is 3. The molecule has 0 aliphatic carbocycles. The average Bonchev–Trinajstić information content (AvgIpc) is 2.81. The molecule has 0 bridgehead atoms. The largest absolute Gasteiger partial charge is 0.484 e. The molecule has 2 amide bonds. The fraction of sp³-hybridized carbons (Fsp3) is 0.400. The second kappa shape index (κ2) is 13.7. The summed E-state index contributed by atoms with van der Waals surface area (Å²) in [5.41, 5.74) is 0. The van der Waals surface area contributed by atoms with Crippen molar-refractivity contribution in [3.05, 3.63) is 35.1 Å². The monoisotopic (exact) mass is 502 g/mol. The van der Waals surface area contributed by atoms with Gasteiger partial charge in [-0.15, -0.1) is 0 Å². The number of halogens is 2. The number of aromatic nitrogens is 2. The van der Waals surface area contributed by atoms with Crippen LogP contribution in [0.4, 0.5) is 4.39 Å². The molecule has 180 valence electrons. The van der Waals surface area contributed by atoms with E-state index in [4.69, 9.17) is 25.8 Å². The number of benzene rings is 1. The Hall–Kier alpha value is -2.83. The van der Waals surface area contributed by atoms with Crippen molar-refractivity contribution in [3.63, 3.8) is 0 Å². The molecule has 33 heavy (non-hydrogen) atoms. The molecule has 2 rings (SSSR count). The van der Waals surface area contributed by atoms with Crippen molar-refractivity contribution >= 4 is 35.2 Å². The molecule has 0 spiro atoms. The minimum absolute atomic E-state index is 0.0260. The van der Waals surface area contributed by atoms with Gasteiger partial charge < -0.3 is 30.0 Å². The van der Waals surface area contributed by atoms with Crippen molar-refractivity contribution in [3.8, 4) is 17.5 Å². The van der Waals surface area contributed by atoms with E-state index in [9.17, 15) is 19.1 Å². The van der Waals surface area contributed by atoms with Crippen LogP contribution in [0.2, 0.25) is 5.02 Å². The van der Waals surface area contributed by atoms with Crippen LogP contribution < -0.4 is 24.8 Å². The lowest BCUT2D eigenvalue weighted by molar-refractivity contribution is -0.124. The highest BCUT2D eigenvalue weighted by Gasteiger charge is 2.11. The minimum atomic E-state index is -0.886. The molecule has 0 aliphatic heterocycles. The first-order valence-electron chi connectivity index (χ1n) is 9.70. The van der Waals surface area contributed by atoms with Gasteiger partial charge in [-0.3, -0.25) is 9.59 Å². The standard InChI is InChI=1S/C20H24ClFN4O6S/c1-30-18-8-19(26-20(25-18)33-2)32-11-17(29)24-9-12(27)5-6-23-16(28)10-31-13-3-4-14(21)15(22)7-13/h3-4,7-8,12,27H,5-6,9-11H2,1-2H3,(H,23,28)(H,24,29)/t12-/m0/s1. The molecular weight excluding hydrogens is 479 g/mol. The molecule has 13 heteroatoms. The predicted molar refractivity (Wildman–Crippen MR) is 119 cm³/mol. The summed E-state index contributed by atoms with van der Waals surface area (Å²) in [4.78, 5) is 31.9. The summed E-state index contributed by atoms with van der Waals surface area (Å²) in [6.45, 7) is -0.498. The molecule has 0 unspecified atom stereocenters. The smallest absolute Gasteiger partial charge is 0.258 e. The number of methoxy groups -OCH3 is 1. The van der Waals surface area contributed by atoms with Crippen LogP contribution in [0.1, 0.15) is 6.42 Å². The first kappa shape index (κ1) is 26.4. The topological polar surface area (TPSA) is 132 Å². The van der Waals surface area contributed by atoms with Crippen LogP contribution in [0, 0.1) is 5.82 Å². The number of carbonyl (C=O) groups excluding carboxylic acids is 2. The number of aliphatic hydroxyl groups excluding tert-OH is 1. The van der Waals surface area contributed by atoms with E-state index >= 15 is 0 Å². The van der Waals surface area contributed by atoms with Gasteiger partial charge in [0, 0.05) is 19.2 Å². The van der Waals surface area contributed by atoms with Crippen molar-refractivity contribution < 1.29 is 33.3 Å². The number of nitrogens with one attached hydrogen (secondary N) is 2. The number of ether oxygens (including phenoxy) is 3. The zero-order valence-corrected chi connectivity index (χ0v) is 19.5. The summed E-state index contributed by atoms with van der Waals surface area (Å²) in [6.07, 6.45) is 1.11. The molecule has 0 aliphatic rings. The molecule has 0 saturated carbocycles. The maximum absolute atomic E-state index is 13.3. The molecule has 1 heterocycles. The quantitative estimate of drug-likeness (QED) is 0.275. The van der Waals surface area contributed by atoms with Crippen molar-refractivity contribution in [1.29, 1.82) is 0 Å². The number of rotatable bonds is 13. The summed E-state index contributed by atoms with van der Waals surface area (Å²) in [6, 6.07) is 5.30. The first-order valence-corrected chi connectivity index (χ1v) is 11.3. The maximum atomic E-state index is 13.3. The first-order chi connectivity index (χ1) is 15.8. The van der Waals surface area contributed by atoms with Crippen molar-refractivity contribution in [2.24, 2.45) is 0 Å². The normalized spacial score (nSPS) is 11.4. The number of hydrogen-bond acceptors (Lipinski definition) is 9. The van der Waals surface area contributed by atoms with Crippen molar-refractivity contribution in [2.75, 3.05) is 39.7 Å². The Labute approximate surface area is 199 Å². The highest BCUT2D eigenvalue weighted by atomic mass is 35.5. The number of carbonyl (C=O) groups is 2. The molecule has 3 N–H and O–H groups in total. The zero-order valence-electron chi connectivity index (χ0n) is 18.0. The molecule has 2 aromatic rings. The lowest BCUT2D eigenvalue weighted by atomic mass is 10.2. The highest BCUT2D eigenvalue weighted by molar-refractivity contribution is 7.98. The van der Waals surface area contributed by atoms with Gasteiger partial charge >= 0.3 is 0 Å². The fourth-order valence-corrected chi connectivity index (χ4v) is 2.80. The van der Waals surface area contributed by atoms with E-state index in [1.165, 1.54) is 37.1 Å².